The highest BCUT2D eigenvalue weighted by Gasteiger charge is 2.08. The van der Waals surface area contributed by atoms with Crippen LogP contribution in [0.4, 0.5) is 0 Å². The van der Waals surface area contributed by atoms with Crippen molar-refractivity contribution in [2.24, 2.45) is 0 Å². The van der Waals surface area contributed by atoms with E-state index < -0.39 is 0 Å². The van der Waals surface area contributed by atoms with Crippen LogP contribution in [0.1, 0.15) is 30.8 Å². The first-order chi connectivity index (χ1) is 10.0. The van der Waals surface area contributed by atoms with Crippen molar-refractivity contribution >= 4 is 0 Å². The minimum absolute atomic E-state index is 0.132. The van der Waals surface area contributed by atoms with E-state index >= 15 is 0 Å². The summed E-state index contributed by atoms with van der Waals surface area (Å²) in [6.45, 7) is 8.91. The quantitative estimate of drug-likeness (QED) is 0.881. The second-order valence-corrected chi connectivity index (χ2v) is 5.44. The molecule has 0 aliphatic rings. The van der Waals surface area contributed by atoms with Crippen LogP contribution in [0.15, 0.2) is 30.3 Å². The van der Waals surface area contributed by atoms with Crippen LogP contribution in [0, 0.1) is 13.8 Å². The molecule has 2 aromatic rings. The van der Waals surface area contributed by atoms with E-state index in [0.717, 1.165) is 23.6 Å². The van der Waals surface area contributed by atoms with Gasteiger partial charge in [0.05, 0.1) is 19.8 Å². The van der Waals surface area contributed by atoms with Gasteiger partial charge in [0.2, 0.25) is 0 Å². The fraction of sp³-hybridized carbons (Fsp3) is 0.412. The molecule has 1 aromatic heterocycles. The highest BCUT2D eigenvalue weighted by molar-refractivity contribution is 5.43. The Morgan fingerprint density at radius 1 is 1.05 bits per heavy atom. The van der Waals surface area contributed by atoms with Crippen molar-refractivity contribution in [2.75, 3.05) is 12.5 Å². The lowest BCUT2D eigenvalue weighted by atomic mass is 10.2. The number of methoxy groups -OCH3 is 1. The van der Waals surface area contributed by atoms with Crippen LogP contribution in [-0.4, -0.2) is 17.9 Å². The number of aromatic nitrogens is 1. The summed E-state index contributed by atoms with van der Waals surface area (Å²) in [5.74, 6) is 1.55. The molecule has 114 valence electrons. The van der Waals surface area contributed by atoms with Crippen molar-refractivity contribution in [3.05, 3.63) is 47.3 Å². The number of nitrogens with zero attached hydrogens (tertiary/aromatic N) is 1. The van der Waals surface area contributed by atoms with Crippen molar-refractivity contribution in [1.82, 2.24) is 4.68 Å². The Bertz CT molecular complexity index is 583. The minimum Gasteiger partial charge on any atom is -0.493 e. The van der Waals surface area contributed by atoms with Crippen molar-refractivity contribution in [3.63, 3.8) is 0 Å². The Morgan fingerprint density at radius 3 is 2.29 bits per heavy atom. The van der Waals surface area contributed by atoms with Crippen molar-refractivity contribution in [3.8, 4) is 11.5 Å². The molecular formula is C17H24N2O2. The van der Waals surface area contributed by atoms with Crippen LogP contribution in [-0.2, 0) is 6.54 Å². The molecule has 0 amide bonds. The molecule has 0 aliphatic carbocycles. The van der Waals surface area contributed by atoms with Gasteiger partial charge in [-0.2, -0.15) is 0 Å². The Morgan fingerprint density at radius 2 is 1.71 bits per heavy atom. The third-order valence-electron chi connectivity index (χ3n) is 3.30. The Balaban J connectivity index is 2.11. The highest BCUT2D eigenvalue weighted by atomic mass is 16.5. The van der Waals surface area contributed by atoms with Crippen LogP contribution < -0.4 is 14.9 Å². The maximum Gasteiger partial charge on any atom is 0.161 e. The highest BCUT2D eigenvalue weighted by Crippen LogP contribution is 2.29. The summed E-state index contributed by atoms with van der Waals surface area (Å²) in [6, 6.07) is 10.2. The van der Waals surface area contributed by atoms with E-state index in [9.17, 15) is 0 Å². The zero-order valence-electron chi connectivity index (χ0n) is 13.4. The molecule has 1 heterocycles. The zero-order valence-corrected chi connectivity index (χ0v) is 13.4. The average molecular weight is 288 g/mol. The first-order valence-corrected chi connectivity index (χ1v) is 7.23. The molecule has 0 saturated carbocycles. The van der Waals surface area contributed by atoms with Gasteiger partial charge in [0, 0.05) is 11.4 Å². The van der Waals surface area contributed by atoms with E-state index in [4.69, 9.17) is 9.47 Å². The predicted octanol–water partition coefficient (Wildman–Crippen LogP) is 3.64. The second-order valence-electron chi connectivity index (χ2n) is 5.44. The normalized spacial score (nSPS) is 10.8. The number of hydrogen-bond acceptors (Lipinski definition) is 3. The SMILES string of the molecule is COc1cc(CNn2c(C)ccc2C)ccc1OC(C)C. The molecule has 0 unspecified atom stereocenters. The number of nitrogens with one attached hydrogen (secondary N) is 1. The first-order valence-electron chi connectivity index (χ1n) is 7.23. The summed E-state index contributed by atoms with van der Waals surface area (Å²) < 4.78 is 13.2. The van der Waals surface area contributed by atoms with E-state index in [2.05, 4.69) is 42.1 Å². The van der Waals surface area contributed by atoms with Gasteiger partial charge in [-0.05, 0) is 57.5 Å². The molecule has 4 nitrogen and oxygen atoms in total. The van der Waals surface area contributed by atoms with Crippen LogP contribution in [0.25, 0.3) is 0 Å². The number of rotatable bonds is 6. The van der Waals surface area contributed by atoms with E-state index in [-0.39, 0.29) is 6.10 Å². The van der Waals surface area contributed by atoms with Crippen molar-refractivity contribution < 1.29 is 9.47 Å². The lowest BCUT2D eigenvalue weighted by Gasteiger charge is -2.16. The van der Waals surface area contributed by atoms with Gasteiger partial charge in [0.1, 0.15) is 0 Å². The van der Waals surface area contributed by atoms with Gasteiger partial charge in [-0.25, -0.2) is 0 Å². The fourth-order valence-electron chi connectivity index (χ4n) is 2.26. The molecule has 0 atom stereocenters. The molecule has 1 aromatic carbocycles. The third-order valence-corrected chi connectivity index (χ3v) is 3.30. The van der Waals surface area contributed by atoms with Crippen molar-refractivity contribution in [2.45, 2.75) is 40.3 Å². The molecule has 0 bridgehead atoms. The number of benzene rings is 1. The van der Waals surface area contributed by atoms with Crippen LogP contribution >= 0.6 is 0 Å². The number of aryl methyl sites for hydroxylation is 2. The monoisotopic (exact) mass is 288 g/mol. The Hall–Kier alpha value is -2.10. The van der Waals surface area contributed by atoms with Gasteiger partial charge in [-0.15, -0.1) is 0 Å². The van der Waals surface area contributed by atoms with Gasteiger partial charge >= 0.3 is 0 Å². The molecule has 0 fully saturated rings. The van der Waals surface area contributed by atoms with Gasteiger partial charge in [0.25, 0.3) is 0 Å². The molecule has 1 N–H and O–H groups in total. The molecule has 2 rings (SSSR count). The first kappa shape index (κ1) is 15.3. The standard InChI is InChI=1S/C17H24N2O2/c1-12(2)21-16-9-8-15(10-17(16)20-5)11-18-19-13(3)6-7-14(19)4/h6-10,12,18H,11H2,1-5H3. The van der Waals surface area contributed by atoms with E-state index in [1.54, 1.807) is 7.11 Å². The molecule has 0 radical (unpaired) electrons. The number of ether oxygens (including phenoxy) is 2. The molecule has 4 heteroatoms. The largest absolute Gasteiger partial charge is 0.493 e. The van der Waals surface area contributed by atoms with Crippen LogP contribution in [0.3, 0.4) is 0 Å². The van der Waals surface area contributed by atoms with Gasteiger partial charge in [0.15, 0.2) is 11.5 Å². The lowest BCUT2D eigenvalue weighted by Crippen LogP contribution is -2.17. The fourth-order valence-corrected chi connectivity index (χ4v) is 2.26. The number of hydrogen-bond donors (Lipinski definition) is 1. The topological polar surface area (TPSA) is 35.4 Å². The zero-order chi connectivity index (χ0) is 15.4. The summed E-state index contributed by atoms with van der Waals surface area (Å²) in [7, 11) is 1.67. The summed E-state index contributed by atoms with van der Waals surface area (Å²) in [4.78, 5) is 0. The Kier molecular flexibility index (Phi) is 4.78. The van der Waals surface area contributed by atoms with E-state index in [0.29, 0.717) is 0 Å². The summed E-state index contributed by atoms with van der Waals surface area (Å²) in [5.41, 5.74) is 6.95. The van der Waals surface area contributed by atoms with Crippen molar-refractivity contribution in [1.29, 1.82) is 0 Å². The van der Waals surface area contributed by atoms with E-state index in [1.807, 2.05) is 26.0 Å². The van der Waals surface area contributed by atoms with Crippen LogP contribution in [0.2, 0.25) is 0 Å². The molecule has 0 aliphatic heterocycles. The minimum atomic E-state index is 0.132. The smallest absolute Gasteiger partial charge is 0.161 e. The van der Waals surface area contributed by atoms with Crippen LogP contribution in [0.5, 0.6) is 11.5 Å². The molecule has 0 saturated heterocycles. The molecular weight excluding hydrogens is 264 g/mol. The predicted molar refractivity (Wildman–Crippen MR) is 85.7 cm³/mol. The lowest BCUT2D eigenvalue weighted by molar-refractivity contribution is 0.230. The van der Waals surface area contributed by atoms with E-state index in [1.165, 1.54) is 11.4 Å². The maximum absolute atomic E-state index is 5.73. The summed E-state index contributed by atoms with van der Waals surface area (Å²) >= 11 is 0. The van der Waals surface area contributed by atoms with Gasteiger partial charge in [-0.1, -0.05) is 6.07 Å². The average Bonchev–Trinajstić information content (AvgIpc) is 2.76. The maximum atomic E-state index is 5.73. The second kappa shape index (κ2) is 6.57. The molecule has 21 heavy (non-hydrogen) atoms. The third kappa shape index (κ3) is 3.72. The molecule has 0 spiro atoms. The summed E-state index contributed by atoms with van der Waals surface area (Å²) in [5, 5.41) is 0. The Labute approximate surface area is 126 Å². The van der Waals surface area contributed by atoms with Gasteiger partial charge in [-0.3, -0.25) is 4.68 Å². The van der Waals surface area contributed by atoms with Gasteiger partial charge < -0.3 is 14.9 Å². The summed E-state index contributed by atoms with van der Waals surface area (Å²) in [6.07, 6.45) is 0.132.